The molecule has 0 saturated heterocycles. The maximum Gasteiger partial charge on any atom is 0.512 e. The topological polar surface area (TPSA) is 97.4 Å². The van der Waals surface area contributed by atoms with Crippen LogP contribution in [0.3, 0.4) is 0 Å². The van der Waals surface area contributed by atoms with E-state index in [2.05, 4.69) is 5.09 Å². The standard InChI is InChI=1S/C15H18N3O3PS/c16-15(17)23-12-11-18-22(19,20-13-7-3-1-4-8-13)21-14-9-5-2-6-10-14/h1-10H,11-12H2,(H3,16,17)(H,18,19). The van der Waals surface area contributed by atoms with E-state index in [1.54, 1.807) is 48.5 Å². The second-order valence-corrected chi connectivity index (χ2v) is 7.24. The van der Waals surface area contributed by atoms with Crippen LogP contribution in [0.2, 0.25) is 0 Å². The van der Waals surface area contributed by atoms with E-state index in [9.17, 15) is 4.57 Å². The lowest BCUT2D eigenvalue weighted by Gasteiger charge is -2.20. The summed E-state index contributed by atoms with van der Waals surface area (Å²) < 4.78 is 24.0. The highest BCUT2D eigenvalue weighted by Gasteiger charge is 2.27. The number of hydrogen-bond acceptors (Lipinski definition) is 5. The van der Waals surface area contributed by atoms with Gasteiger partial charge in [0, 0.05) is 12.3 Å². The number of thioether (sulfide) groups is 1. The van der Waals surface area contributed by atoms with E-state index < -0.39 is 7.75 Å². The predicted octanol–water partition coefficient (Wildman–Crippen LogP) is 3.47. The van der Waals surface area contributed by atoms with E-state index in [1.165, 1.54) is 0 Å². The van der Waals surface area contributed by atoms with Gasteiger partial charge in [0.05, 0.1) is 0 Å². The first-order valence-electron chi connectivity index (χ1n) is 6.89. The lowest BCUT2D eigenvalue weighted by molar-refractivity contribution is 0.372. The number of para-hydroxylation sites is 2. The molecule has 0 atom stereocenters. The van der Waals surface area contributed by atoms with E-state index >= 15 is 0 Å². The Kier molecular flexibility index (Phi) is 6.52. The first-order chi connectivity index (χ1) is 11.1. The number of rotatable bonds is 8. The van der Waals surface area contributed by atoms with Gasteiger partial charge >= 0.3 is 7.75 Å². The molecule has 2 aromatic rings. The summed E-state index contributed by atoms with van der Waals surface area (Å²) in [6.07, 6.45) is 0. The summed E-state index contributed by atoms with van der Waals surface area (Å²) in [5.41, 5.74) is 5.28. The minimum atomic E-state index is -3.60. The molecule has 0 aliphatic rings. The number of benzene rings is 2. The molecule has 0 aliphatic heterocycles. The monoisotopic (exact) mass is 351 g/mol. The molecule has 0 saturated carbocycles. The van der Waals surface area contributed by atoms with Crippen molar-refractivity contribution in [2.45, 2.75) is 0 Å². The lowest BCUT2D eigenvalue weighted by Crippen LogP contribution is -2.22. The molecule has 2 rings (SSSR count). The molecule has 8 heteroatoms. The third-order valence-electron chi connectivity index (χ3n) is 2.60. The molecular formula is C15H18N3O3PS. The van der Waals surface area contributed by atoms with Crippen LogP contribution in [0.1, 0.15) is 0 Å². The fourth-order valence-electron chi connectivity index (χ4n) is 1.67. The van der Waals surface area contributed by atoms with Crippen molar-refractivity contribution in [2.24, 2.45) is 5.73 Å². The Morgan fingerprint density at radius 3 is 1.96 bits per heavy atom. The van der Waals surface area contributed by atoms with E-state index in [1.807, 2.05) is 12.1 Å². The third kappa shape index (κ3) is 6.36. The summed E-state index contributed by atoms with van der Waals surface area (Å²) in [6, 6.07) is 17.6. The molecule has 0 fully saturated rings. The van der Waals surface area contributed by atoms with Crippen LogP contribution in [0, 0.1) is 5.41 Å². The third-order valence-corrected chi connectivity index (χ3v) is 4.84. The fraction of sp³-hybridized carbons (Fsp3) is 0.133. The van der Waals surface area contributed by atoms with E-state index in [0.717, 1.165) is 11.8 Å². The summed E-state index contributed by atoms with van der Waals surface area (Å²) in [5, 5.41) is 9.96. The zero-order chi connectivity index (χ0) is 16.5. The van der Waals surface area contributed by atoms with Crippen molar-refractivity contribution in [3.8, 4) is 11.5 Å². The van der Waals surface area contributed by atoms with Crippen LogP contribution < -0.4 is 19.9 Å². The minimum absolute atomic E-state index is 0.00888. The van der Waals surface area contributed by atoms with Crippen LogP contribution in [0.25, 0.3) is 0 Å². The van der Waals surface area contributed by atoms with Gasteiger partial charge in [-0.1, -0.05) is 48.2 Å². The Morgan fingerprint density at radius 1 is 1.04 bits per heavy atom. The maximum atomic E-state index is 12.9. The van der Waals surface area contributed by atoms with Crippen LogP contribution >= 0.6 is 19.5 Å². The lowest BCUT2D eigenvalue weighted by atomic mass is 10.3. The molecule has 0 heterocycles. The number of nitrogens with two attached hydrogens (primary N) is 1. The molecule has 0 amide bonds. The normalized spacial score (nSPS) is 11.0. The van der Waals surface area contributed by atoms with Crippen LogP contribution in [0.4, 0.5) is 0 Å². The van der Waals surface area contributed by atoms with Crippen molar-refractivity contribution >= 4 is 24.7 Å². The smallest absolute Gasteiger partial charge is 0.405 e. The Labute approximate surface area is 139 Å². The maximum absolute atomic E-state index is 12.9. The zero-order valence-electron chi connectivity index (χ0n) is 12.3. The summed E-state index contributed by atoms with van der Waals surface area (Å²) in [6.45, 7) is 0.321. The summed E-state index contributed by atoms with van der Waals surface area (Å²) in [5.74, 6) is 1.37. The highest BCUT2D eigenvalue weighted by Crippen LogP contribution is 2.44. The average molecular weight is 351 g/mol. The fourth-order valence-corrected chi connectivity index (χ4v) is 3.59. The number of nitrogens with one attached hydrogen (secondary N) is 2. The highest BCUT2D eigenvalue weighted by atomic mass is 32.2. The molecule has 0 aliphatic carbocycles. The summed E-state index contributed by atoms with van der Waals surface area (Å²) >= 11 is 1.15. The Balaban J connectivity index is 2.06. The van der Waals surface area contributed by atoms with Gasteiger partial charge in [0.2, 0.25) is 0 Å². The van der Waals surface area contributed by atoms with E-state index in [-0.39, 0.29) is 5.17 Å². The average Bonchev–Trinajstić information content (AvgIpc) is 2.53. The molecule has 0 radical (unpaired) electrons. The molecular weight excluding hydrogens is 333 g/mol. The van der Waals surface area contributed by atoms with Gasteiger partial charge in [-0.05, 0) is 24.3 Å². The van der Waals surface area contributed by atoms with Gasteiger partial charge in [-0.3, -0.25) is 5.41 Å². The molecule has 122 valence electrons. The second-order valence-electron chi connectivity index (χ2n) is 4.43. The molecule has 0 aromatic heterocycles. The van der Waals surface area contributed by atoms with Crippen molar-refractivity contribution in [1.82, 2.24) is 5.09 Å². The van der Waals surface area contributed by atoms with Crippen LogP contribution in [-0.2, 0) is 4.57 Å². The molecule has 23 heavy (non-hydrogen) atoms. The van der Waals surface area contributed by atoms with Crippen molar-refractivity contribution in [1.29, 1.82) is 5.41 Å². The van der Waals surface area contributed by atoms with Crippen molar-refractivity contribution in [2.75, 3.05) is 12.3 Å². The highest BCUT2D eigenvalue weighted by molar-refractivity contribution is 8.13. The van der Waals surface area contributed by atoms with Crippen LogP contribution in [0.5, 0.6) is 11.5 Å². The zero-order valence-corrected chi connectivity index (χ0v) is 14.1. The first kappa shape index (κ1) is 17.4. The molecule has 2 aromatic carbocycles. The van der Waals surface area contributed by atoms with E-state index in [4.69, 9.17) is 20.2 Å². The van der Waals surface area contributed by atoms with Gasteiger partial charge in [0.25, 0.3) is 0 Å². The van der Waals surface area contributed by atoms with E-state index in [0.29, 0.717) is 23.8 Å². The van der Waals surface area contributed by atoms with Crippen molar-refractivity contribution in [3.63, 3.8) is 0 Å². The van der Waals surface area contributed by atoms with Crippen molar-refractivity contribution < 1.29 is 13.6 Å². The largest absolute Gasteiger partial charge is 0.512 e. The molecule has 6 nitrogen and oxygen atoms in total. The summed E-state index contributed by atoms with van der Waals surface area (Å²) in [4.78, 5) is 0. The number of hydrogen-bond donors (Lipinski definition) is 3. The summed E-state index contributed by atoms with van der Waals surface area (Å²) in [7, 11) is -3.60. The van der Waals surface area contributed by atoms with Crippen molar-refractivity contribution in [3.05, 3.63) is 60.7 Å². The van der Waals surface area contributed by atoms with Gasteiger partial charge in [-0.15, -0.1) is 0 Å². The van der Waals surface area contributed by atoms with Crippen LogP contribution in [0.15, 0.2) is 60.7 Å². The molecule has 0 unspecified atom stereocenters. The van der Waals surface area contributed by atoms with Gasteiger partial charge in [0.1, 0.15) is 11.5 Å². The van der Waals surface area contributed by atoms with Gasteiger partial charge in [-0.25, -0.2) is 9.65 Å². The Bertz CT molecular complexity index is 625. The SMILES string of the molecule is N=C(N)SCCNP(=O)(Oc1ccccc1)Oc1ccccc1. The Morgan fingerprint density at radius 2 is 1.52 bits per heavy atom. The van der Waals surface area contributed by atoms with Gasteiger partial charge in [-0.2, -0.15) is 0 Å². The van der Waals surface area contributed by atoms with Crippen LogP contribution in [-0.4, -0.2) is 17.5 Å². The number of amidine groups is 1. The minimum Gasteiger partial charge on any atom is -0.405 e. The van der Waals surface area contributed by atoms with Gasteiger partial charge in [0.15, 0.2) is 5.17 Å². The molecule has 0 bridgehead atoms. The quantitative estimate of drug-likeness (QED) is 0.292. The molecule has 0 spiro atoms. The predicted molar refractivity (Wildman–Crippen MR) is 94.1 cm³/mol. The van der Waals surface area contributed by atoms with Gasteiger partial charge < -0.3 is 14.8 Å². The molecule has 4 N–H and O–H groups in total. The first-order valence-corrected chi connectivity index (χ1v) is 9.41. The second kappa shape index (κ2) is 8.62. The Hall–Kier alpha value is -1.95.